The van der Waals surface area contributed by atoms with Gasteiger partial charge in [-0.15, -0.1) is 0 Å². The van der Waals surface area contributed by atoms with Gasteiger partial charge in [0, 0.05) is 5.41 Å². The predicted octanol–water partition coefficient (Wildman–Crippen LogP) is 3.83. The van der Waals surface area contributed by atoms with E-state index in [1.165, 1.54) is 11.1 Å². The van der Waals surface area contributed by atoms with Crippen LogP contribution in [0.5, 0.6) is 0 Å². The summed E-state index contributed by atoms with van der Waals surface area (Å²) >= 11 is 12.4. The maximum atomic E-state index is 11.2. The predicted molar refractivity (Wildman–Crippen MR) is 83.6 cm³/mol. The first-order valence-electron chi connectivity index (χ1n) is 7.43. The van der Waals surface area contributed by atoms with Crippen LogP contribution in [0.3, 0.4) is 0 Å². The van der Waals surface area contributed by atoms with Crippen LogP contribution in [0.25, 0.3) is 0 Å². The Balaban J connectivity index is 2.19. The molecule has 0 bridgehead atoms. The van der Waals surface area contributed by atoms with Gasteiger partial charge in [-0.1, -0.05) is 36.0 Å². The SMILES string of the molecule is NCC[C@@]12CCCC[C@]1(O)CCc1cc(Cl)c(Cl)cc12. The number of aryl methyl sites for hydroxylation is 1. The molecular formula is C16H21Cl2NO. The first-order chi connectivity index (χ1) is 9.52. The Labute approximate surface area is 130 Å². The molecule has 2 atom stereocenters. The lowest BCUT2D eigenvalue weighted by Gasteiger charge is -2.54. The lowest BCUT2D eigenvalue weighted by molar-refractivity contribution is -0.0862. The van der Waals surface area contributed by atoms with E-state index >= 15 is 0 Å². The number of halogens is 2. The fourth-order valence-corrected chi connectivity index (χ4v) is 4.74. The van der Waals surface area contributed by atoms with Gasteiger partial charge in [0.2, 0.25) is 0 Å². The van der Waals surface area contributed by atoms with Crippen LogP contribution in [0.4, 0.5) is 0 Å². The van der Waals surface area contributed by atoms with Crippen molar-refractivity contribution in [3.8, 4) is 0 Å². The van der Waals surface area contributed by atoms with Gasteiger partial charge in [0.05, 0.1) is 15.6 Å². The van der Waals surface area contributed by atoms with Gasteiger partial charge in [0.1, 0.15) is 0 Å². The molecule has 0 radical (unpaired) electrons. The third-order valence-electron chi connectivity index (χ3n) is 5.38. The summed E-state index contributed by atoms with van der Waals surface area (Å²) in [5, 5.41) is 12.4. The molecule has 2 aliphatic rings. The minimum Gasteiger partial charge on any atom is -0.389 e. The first-order valence-corrected chi connectivity index (χ1v) is 8.19. The van der Waals surface area contributed by atoms with Crippen molar-refractivity contribution in [2.45, 2.75) is 56.0 Å². The largest absolute Gasteiger partial charge is 0.389 e. The summed E-state index contributed by atoms with van der Waals surface area (Å²) in [6.07, 6.45) is 6.58. The number of hydrogen-bond donors (Lipinski definition) is 2. The molecule has 3 rings (SSSR count). The minimum atomic E-state index is -0.630. The molecule has 3 N–H and O–H groups in total. The topological polar surface area (TPSA) is 46.2 Å². The molecule has 2 aliphatic carbocycles. The van der Waals surface area contributed by atoms with Gasteiger partial charge in [-0.3, -0.25) is 0 Å². The van der Waals surface area contributed by atoms with Crippen molar-refractivity contribution in [2.75, 3.05) is 6.54 Å². The molecule has 0 aliphatic heterocycles. The lowest BCUT2D eigenvalue weighted by Crippen LogP contribution is -2.57. The Bertz CT molecular complexity index is 529. The van der Waals surface area contributed by atoms with E-state index in [1.807, 2.05) is 12.1 Å². The van der Waals surface area contributed by atoms with Crippen LogP contribution >= 0.6 is 23.2 Å². The van der Waals surface area contributed by atoms with Crippen molar-refractivity contribution in [3.63, 3.8) is 0 Å². The number of benzene rings is 1. The molecule has 1 saturated carbocycles. The van der Waals surface area contributed by atoms with Gasteiger partial charge in [0.25, 0.3) is 0 Å². The molecule has 0 saturated heterocycles. The Morgan fingerprint density at radius 2 is 1.80 bits per heavy atom. The summed E-state index contributed by atoms with van der Waals surface area (Å²) in [5.74, 6) is 0. The fourth-order valence-electron chi connectivity index (χ4n) is 4.39. The fraction of sp³-hybridized carbons (Fsp3) is 0.625. The van der Waals surface area contributed by atoms with Crippen LogP contribution in [0.15, 0.2) is 12.1 Å². The Morgan fingerprint density at radius 1 is 1.10 bits per heavy atom. The van der Waals surface area contributed by atoms with Crippen molar-refractivity contribution < 1.29 is 5.11 Å². The highest BCUT2D eigenvalue weighted by Crippen LogP contribution is 2.55. The molecule has 1 fully saturated rings. The number of nitrogens with two attached hydrogens (primary N) is 1. The van der Waals surface area contributed by atoms with Crippen LogP contribution in [0.1, 0.15) is 49.7 Å². The second-order valence-electron chi connectivity index (χ2n) is 6.28. The van der Waals surface area contributed by atoms with Gasteiger partial charge in [-0.25, -0.2) is 0 Å². The van der Waals surface area contributed by atoms with Crippen molar-refractivity contribution in [2.24, 2.45) is 5.73 Å². The van der Waals surface area contributed by atoms with E-state index in [-0.39, 0.29) is 5.41 Å². The van der Waals surface area contributed by atoms with Crippen LogP contribution < -0.4 is 5.73 Å². The maximum absolute atomic E-state index is 11.2. The van der Waals surface area contributed by atoms with Gasteiger partial charge >= 0.3 is 0 Å². The maximum Gasteiger partial charge on any atom is 0.0747 e. The number of rotatable bonds is 2. The molecule has 0 heterocycles. The van der Waals surface area contributed by atoms with E-state index < -0.39 is 5.60 Å². The molecule has 4 heteroatoms. The van der Waals surface area contributed by atoms with Crippen molar-refractivity contribution in [1.29, 1.82) is 0 Å². The van der Waals surface area contributed by atoms with Crippen molar-refractivity contribution in [1.82, 2.24) is 0 Å². The van der Waals surface area contributed by atoms with Crippen LogP contribution in [-0.4, -0.2) is 17.3 Å². The second-order valence-corrected chi connectivity index (χ2v) is 7.10. The summed E-state index contributed by atoms with van der Waals surface area (Å²) < 4.78 is 0. The lowest BCUT2D eigenvalue weighted by atomic mass is 9.53. The van der Waals surface area contributed by atoms with Gasteiger partial charge < -0.3 is 10.8 Å². The summed E-state index contributed by atoms with van der Waals surface area (Å²) in [6.45, 7) is 0.585. The minimum absolute atomic E-state index is 0.234. The molecule has 0 unspecified atom stereocenters. The zero-order chi connectivity index (χ0) is 14.4. The van der Waals surface area contributed by atoms with Crippen LogP contribution in [0, 0.1) is 0 Å². The zero-order valence-corrected chi connectivity index (χ0v) is 13.1. The molecule has 0 aromatic heterocycles. The van der Waals surface area contributed by atoms with Crippen LogP contribution in [0.2, 0.25) is 10.0 Å². The summed E-state index contributed by atoms with van der Waals surface area (Å²) in [4.78, 5) is 0. The number of hydrogen-bond acceptors (Lipinski definition) is 2. The van der Waals surface area contributed by atoms with Gasteiger partial charge in [-0.05, 0) is 61.9 Å². The smallest absolute Gasteiger partial charge is 0.0747 e. The highest BCUT2D eigenvalue weighted by atomic mass is 35.5. The molecular weight excluding hydrogens is 293 g/mol. The third kappa shape index (κ3) is 2.00. The third-order valence-corrected chi connectivity index (χ3v) is 6.10. The molecule has 20 heavy (non-hydrogen) atoms. The highest BCUT2D eigenvalue weighted by Gasteiger charge is 2.54. The first kappa shape index (κ1) is 14.6. The van der Waals surface area contributed by atoms with E-state index in [0.717, 1.165) is 44.9 Å². The van der Waals surface area contributed by atoms with E-state index in [2.05, 4.69) is 0 Å². The zero-order valence-electron chi connectivity index (χ0n) is 11.6. The standard InChI is InChI=1S/C16H21Cl2NO/c17-13-9-11-3-6-16(20)5-2-1-4-15(16,7-8-19)12(11)10-14(13)18/h9-10,20H,1-8,19H2/t15-,16+/m1/s1. The monoisotopic (exact) mass is 313 g/mol. The molecule has 1 aromatic rings. The Kier molecular flexibility index (Phi) is 3.79. The number of aliphatic hydroxyl groups is 1. The summed E-state index contributed by atoms with van der Waals surface area (Å²) in [7, 11) is 0. The number of fused-ring (bicyclic) bond motifs is 3. The molecule has 2 nitrogen and oxygen atoms in total. The van der Waals surface area contributed by atoms with Crippen molar-refractivity contribution >= 4 is 23.2 Å². The Hall–Kier alpha value is -0.280. The average molecular weight is 314 g/mol. The van der Waals surface area contributed by atoms with E-state index in [1.54, 1.807) is 0 Å². The van der Waals surface area contributed by atoms with Gasteiger partial charge in [0.15, 0.2) is 0 Å². The van der Waals surface area contributed by atoms with Crippen LogP contribution in [-0.2, 0) is 11.8 Å². The van der Waals surface area contributed by atoms with E-state index in [9.17, 15) is 5.11 Å². The van der Waals surface area contributed by atoms with E-state index in [0.29, 0.717) is 16.6 Å². The quantitative estimate of drug-likeness (QED) is 0.871. The molecule has 110 valence electrons. The normalized spacial score (nSPS) is 32.6. The summed E-state index contributed by atoms with van der Waals surface area (Å²) in [6, 6.07) is 3.95. The van der Waals surface area contributed by atoms with Gasteiger partial charge in [-0.2, -0.15) is 0 Å². The summed E-state index contributed by atoms with van der Waals surface area (Å²) in [5.41, 5.74) is 7.43. The second kappa shape index (κ2) is 5.17. The molecule has 0 amide bonds. The van der Waals surface area contributed by atoms with E-state index in [4.69, 9.17) is 28.9 Å². The highest BCUT2D eigenvalue weighted by molar-refractivity contribution is 6.42. The molecule has 1 aromatic carbocycles. The Morgan fingerprint density at radius 3 is 2.55 bits per heavy atom. The average Bonchev–Trinajstić information content (AvgIpc) is 2.42. The molecule has 0 spiro atoms. The van der Waals surface area contributed by atoms with Crippen molar-refractivity contribution in [3.05, 3.63) is 33.3 Å².